The number of amides is 1. The molecule has 2 heterocycles. The van der Waals surface area contributed by atoms with Crippen LogP contribution in [-0.4, -0.2) is 33.6 Å². The summed E-state index contributed by atoms with van der Waals surface area (Å²) in [6.45, 7) is 0.669. The second kappa shape index (κ2) is 7.49. The average Bonchev–Trinajstić information content (AvgIpc) is 3.34. The van der Waals surface area contributed by atoms with Crippen LogP contribution >= 0.6 is 11.8 Å². The summed E-state index contributed by atoms with van der Waals surface area (Å²) in [4.78, 5) is 16.4. The van der Waals surface area contributed by atoms with Crippen LogP contribution in [0, 0.1) is 0 Å². The second-order valence-electron chi connectivity index (χ2n) is 5.59. The predicted octanol–water partition coefficient (Wildman–Crippen LogP) is 2.61. The Bertz CT molecular complexity index is 914. The molecule has 0 saturated heterocycles. The number of nitrogens with zero attached hydrogens (tertiary/aromatic N) is 2. The molecule has 0 aliphatic carbocycles. The summed E-state index contributed by atoms with van der Waals surface area (Å²) in [5, 5.41) is 10.4. The lowest BCUT2D eigenvalue weighted by atomic mass is 10.2. The summed E-state index contributed by atoms with van der Waals surface area (Å²) < 4.78 is 10.6. The molecule has 132 valence electrons. The lowest BCUT2D eigenvalue weighted by Gasteiger charge is -2.05. The number of H-pyrrole nitrogens is 1. The molecule has 0 unspecified atom stereocenters. The van der Waals surface area contributed by atoms with E-state index in [-0.39, 0.29) is 18.5 Å². The molecule has 1 amide bonds. The van der Waals surface area contributed by atoms with Crippen LogP contribution in [0.1, 0.15) is 5.56 Å². The van der Waals surface area contributed by atoms with Crippen molar-refractivity contribution >= 4 is 17.7 Å². The number of aromatic amines is 1. The van der Waals surface area contributed by atoms with Crippen molar-refractivity contribution in [1.29, 1.82) is 0 Å². The minimum absolute atomic E-state index is 0.0845. The van der Waals surface area contributed by atoms with Crippen molar-refractivity contribution in [3.05, 3.63) is 54.1 Å². The van der Waals surface area contributed by atoms with Crippen LogP contribution in [0.5, 0.6) is 11.5 Å². The highest BCUT2D eigenvalue weighted by molar-refractivity contribution is 7.99. The van der Waals surface area contributed by atoms with Gasteiger partial charge in [-0.15, -0.1) is 5.10 Å². The topological polar surface area (TPSA) is 89.1 Å². The van der Waals surface area contributed by atoms with Gasteiger partial charge >= 0.3 is 0 Å². The first kappa shape index (κ1) is 16.5. The SMILES string of the molecule is O=C(CSc1n[nH]c(-c2ccccc2)n1)NCc1ccc2c(c1)OCO2. The normalized spacial score (nSPS) is 12.2. The van der Waals surface area contributed by atoms with Crippen LogP contribution in [0.25, 0.3) is 11.4 Å². The molecule has 0 atom stereocenters. The summed E-state index contributed by atoms with van der Waals surface area (Å²) in [7, 11) is 0. The Labute approximate surface area is 154 Å². The molecular weight excluding hydrogens is 352 g/mol. The maximum absolute atomic E-state index is 12.0. The highest BCUT2D eigenvalue weighted by Gasteiger charge is 2.14. The van der Waals surface area contributed by atoms with Gasteiger partial charge in [-0.1, -0.05) is 48.2 Å². The molecule has 0 fully saturated rings. The Morgan fingerprint density at radius 1 is 1.15 bits per heavy atom. The Morgan fingerprint density at radius 3 is 2.88 bits per heavy atom. The van der Waals surface area contributed by atoms with E-state index in [9.17, 15) is 4.79 Å². The first-order valence-electron chi connectivity index (χ1n) is 8.04. The fourth-order valence-electron chi connectivity index (χ4n) is 2.47. The first-order valence-corrected chi connectivity index (χ1v) is 9.02. The lowest BCUT2D eigenvalue weighted by Crippen LogP contribution is -2.24. The summed E-state index contributed by atoms with van der Waals surface area (Å²) in [6, 6.07) is 15.3. The van der Waals surface area contributed by atoms with E-state index < -0.39 is 0 Å². The Balaban J connectivity index is 1.27. The van der Waals surface area contributed by atoms with E-state index in [1.165, 1.54) is 11.8 Å². The van der Waals surface area contributed by atoms with Crippen LogP contribution in [-0.2, 0) is 11.3 Å². The number of ether oxygens (including phenoxy) is 2. The molecule has 8 heteroatoms. The Morgan fingerprint density at radius 2 is 2.00 bits per heavy atom. The molecule has 2 N–H and O–H groups in total. The molecule has 0 radical (unpaired) electrons. The van der Waals surface area contributed by atoms with Gasteiger partial charge in [-0.3, -0.25) is 9.89 Å². The predicted molar refractivity (Wildman–Crippen MR) is 97.0 cm³/mol. The van der Waals surface area contributed by atoms with Gasteiger partial charge in [0.25, 0.3) is 0 Å². The van der Waals surface area contributed by atoms with E-state index in [0.717, 1.165) is 16.9 Å². The van der Waals surface area contributed by atoms with Gasteiger partial charge in [0.05, 0.1) is 5.75 Å². The molecule has 3 aromatic rings. The fraction of sp³-hybridized carbons (Fsp3) is 0.167. The number of thioether (sulfide) groups is 1. The molecule has 0 spiro atoms. The van der Waals surface area contributed by atoms with Crippen molar-refractivity contribution in [3.63, 3.8) is 0 Å². The van der Waals surface area contributed by atoms with Gasteiger partial charge in [0, 0.05) is 12.1 Å². The first-order chi connectivity index (χ1) is 12.8. The number of carbonyl (C=O) groups excluding carboxylic acids is 1. The third-order valence-electron chi connectivity index (χ3n) is 3.77. The molecule has 1 aromatic heterocycles. The van der Waals surface area contributed by atoms with Crippen molar-refractivity contribution in [1.82, 2.24) is 20.5 Å². The number of fused-ring (bicyclic) bond motifs is 1. The van der Waals surface area contributed by atoms with Crippen molar-refractivity contribution in [2.75, 3.05) is 12.5 Å². The standard InChI is InChI=1S/C18H16N4O3S/c23-16(19-9-12-6-7-14-15(8-12)25-11-24-14)10-26-18-20-17(21-22-18)13-4-2-1-3-5-13/h1-8H,9-11H2,(H,19,23)(H,20,21,22). The zero-order valence-electron chi connectivity index (χ0n) is 13.8. The minimum Gasteiger partial charge on any atom is -0.454 e. The van der Waals surface area contributed by atoms with E-state index in [1.807, 2.05) is 48.5 Å². The van der Waals surface area contributed by atoms with E-state index in [1.54, 1.807) is 0 Å². The van der Waals surface area contributed by atoms with Gasteiger partial charge in [0.1, 0.15) is 0 Å². The van der Waals surface area contributed by atoms with Gasteiger partial charge in [0.2, 0.25) is 17.9 Å². The van der Waals surface area contributed by atoms with Crippen molar-refractivity contribution in [2.24, 2.45) is 0 Å². The van der Waals surface area contributed by atoms with Crippen molar-refractivity contribution in [3.8, 4) is 22.9 Å². The molecule has 7 nitrogen and oxygen atoms in total. The molecule has 0 bridgehead atoms. The van der Waals surface area contributed by atoms with E-state index in [2.05, 4.69) is 20.5 Å². The molecule has 0 saturated carbocycles. The number of hydrogen-bond donors (Lipinski definition) is 2. The molecule has 1 aliphatic rings. The van der Waals surface area contributed by atoms with Gasteiger partial charge in [-0.05, 0) is 17.7 Å². The van der Waals surface area contributed by atoms with Crippen LogP contribution in [0.15, 0.2) is 53.7 Å². The number of rotatable bonds is 6. The smallest absolute Gasteiger partial charge is 0.231 e. The number of nitrogens with one attached hydrogen (secondary N) is 2. The van der Waals surface area contributed by atoms with Crippen molar-refractivity contribution < 1.29 is 14.3 Å². The van der Waals surface area contributed by atoms with E-state index >= 15 is 0 Å². The molecule has 26 heavy (non-hydrogen) atoms. The maximum atomic E-state index is 12.0. The van der Waals surface area contributed by atoms with Crippen LogP contribution in [0.4, 0.5) is 0 Å². The molecule has 4 rings (SSSR count). The number of carbonyl (C=O) groups is 1. The third kappa shape index (κ3) is 3.80. The van der Waals surface area contributed by atoms with Crippen LogP contribution in [0.3, 0.4) is 0 Å². The van der Waals surface area contributed by atoms with E-state index in [0.29, 0.717) is 23.3 Å². The Hall–Kier alpha value is -3.00. The minimum atomic E-state index is -0.0845. The van der Waals surface area contributed by atoms with Crippen LogP contribution < -0.4 is 14.8 Å². The monoisotopic (exact) mass is 368 g/mol. The highest BCUT2D eigenvalue weighted by Crippen LogP contribution is 2.32. The van der Waals surface area contributed by atoms with Crippen LogP contribution in [0.2, 0.25) is 0 Å². The number of benzene rings is 2. The third-order valence-corrected chi connectivity index (χ3v) is 4.62. The zero-order chi connectivity index (χ0) is 17.8. The molecular formula is C18H16N4O3S. The van der Waals surface area contributed by atoms with Gasteiger partial charge in [0.15, 0.2) is 17.3 Å². The maximum Gasteiger partial charge on any atom is 0.231 e. The summed E-state index contributed by atoms with van der Waals surface area (Å²) in [5.74, 6) is 2.29. The van der Waals surface area contributed by atoms with Gasteiger partial charge in [-0.2, -0.15) is 0 Å². The average molecular weight is 368 g/mol. The lowest BCUT2D eigenvalue weighted by molar-refractivity contribution is -0.118. The summed E-state index contributed by atoms with van der Waals surface area (Å²) in [5.41, 5.74) is 1.91. The van der Waals surface area contributed by atoms with Gasteiger partial charge in [-0.25, -0.2) is 4.98 Å². The summed E-state index contributed by atoms with van der Waals surface area (Å²) >= 11 is 1.29. The molecule has 1 aliphatic heterocycles. The second-order valence-corrected chi connectivity index (χ2v) is 6.53. The van der Waals surface area contributed by atoms with E-state index in [4.69, 9.17) is 9.47 Å². The molecule has 2 aromatic carbocycles. The Kier molecular flexibility index (Phi) is 4.74. The fourth-order valence-corrected chi connectivity index (χ4v) is 3.10. The highest BCUT2D eigenvalue weighted by atomic mass is 32.2. The largest absolute Gasteiger partial charge is 0.454 e. The number of hydrogen-bond acceptors (Lipinski definition) is 6. The van der Waals surface area contributed by atoms with Crippen molar-refractivity contribution in [2.45, 2.75) is 11.7 Å². The number of aromatic nitrogens is 3. The quantitative estimate of drug-likeness (QED) is 0.650. The zero-order valence-corrected chi connectivity index (χ0v) is 14.6. The summed E-state index contributed by atoms with van der Waals surface area (Å²) in [6.07, 6.45) is 0. The van der Waals surface area contributed by atoms with Gasteiger partial charge < -0.3 is 14.8 Å².